The zero-order valence-electron chi connectivity index (χ0n) is 13.5. The van der Waals surface area contributed by atoms with Gasteiger partial charge in [0, 0.05) is 25.4 Å². The number of benzene rings is 1. The quantitative estimate of drug-likeness (QED) is 0.630. The van der Waals surface area contributed by atoms with Crippen LogP contribution in [0.5, 0.6) is 0 Å². The SMILES string of the molecule is CC1CCCCN1CCNc1cccc(S(C)(=O)=O)c1[N+](=O)[O-]. The topological polar surface area (TPSA) is 92.6 Å². The number of para-hydroxylation sites is 1. The summed E-state index contributed by atoms with van der Waals surface area (Å²) < 4.78 is 23.5. The molecule has 0 aliphatic carbocycles. The van der Waals surface area contributed by atoms with E-state index in [0.717, 1.165) is 19.3 Å². The van der Waals surface area contributed by atoms with Crippen molar-refractivity contribution in [3.05, 3.63) is 28.3 Å². The summed E-state index contributed by atoms with van der Waals surface area (Å²) in [6.07, 6.45) is 4.57. The lowest BCUT2D eigenvalue weighted by Gasteiger charge is -2.33. The van der Waals surface area contributed by atoms with Crippen molar-refractivity contribution in [1.82, 2.24) is 4.90 Å². The standard InChI is InChI=1S/C15H23N3O4S/c1-12-6-3-4-10-17(12)11-9-16-13-7-5-8-14(23(2,21)22)15(13)18(19)20/h5,7-8,12,16H,3-4,6,9-11H2,1-2H3. The average molecular weight is 341 g/mol. The molecule has 1 atom stereocenters. The third kappa shape index (κ3) is 4.42. The van der Waals surface area contributed by atoms with Crippen molar-refractivity contribution in [2.45, 2.75) is 37.1 Å². The van der Waals surface area contributed by atoms with Crippen molar-refractivity contribution in [1.29, 1.82) is 0 Å². The first-order valence-electron chi connectivity index (χ1n) is 7.76. The first-order chi connectivity index (χ1) is 10.8. The van der Waals surface area contributed by atoms with E-state index in [0.29, 0.717) is 12.6 Å². The molecule has 1 aromatic carbocycles. The lowest BCUT2D eigenvalue weighted by molar-refractivity contribution is -0.386. The molecule has 1 fully saturated rings. The molecule has 0 saturated carbocycles. The normalized spacial score (nSPS) is 19.5. The van der Waals surface area contributed by atoms with Gasteiger partial charge >= 0.3 is 5.69 Å². The van der Waals surface area contributed by atoms with Crippen LogP contribution in [-0.2, 0) is 9.84 Å². The minimum atomic E-state index is -3.65. The highest BCUT2D eigenvalue weighted by Gasteiger charge is 2.26. The van der Waals surface area contributed by atoms with Crippen LogP contribution in [0.4, 0.5) is 11.4 Å². The van der Waals surface area contributed by atoms with E-state index in [1.807, 2.05) is 0 Å². The molecule has 2 rings (SSSR count). The highest BCUT2D eigenvalue weighted by atomic mass is 32.2. The fourth-order valence-corrected chi connectivity index (χ4v) is 3.84. The first kappa shape index (κ1) is 17.7. The maximum Gasteiger partial charge on any atom is 0.310 e. The van der Waals surface area contributed by atoms with Crippen LogP contribution in [-0.4, -0.2) is 50.2 Å². The Morgan fingerprint density at radius 3 is 2.74 bits per heavy atom. The van der Waals surface area contributed by atoms with Gasteiger partial charge in [-0.2, -0.15) is 0 Å². The molecule has 1 unspecified atom stereocenters. The molecule has 1 heterocycles. The third-order valence-electron chi connectivity index (χ3n) is 4.24. The summed E-state index contributed by atoms with van der Waals surface area (Å²) in [6.45, 7) is 4.54. The van der Waals surface area contributed by atoms with E-state index in [1.165, 1.54) is 31.4 Å². The number of nitro benzene ring substituents is 1. The van der Waals surface area contributed by atoms with Gasteiger partial charge in [-0.3, -0.25) is 15.0 Å². The van der Waals surface area contributed by atoms with E-state index < -0.39 is 14.8 Å². The largest absolute Gasteiger partial charge is 0.378 e. The van der Waals surface area contributed by atoms with Gasteiger partial charge in [-0.15, -0.1) is 0 Å². The summed E-state index contributed by atoms with van der Waals surface area (Å²) in [4.78, 5) is 12.8. The maximum atomic E-state index is 11.7. The van der Waals surface area contributed by atoms with Crippen molar-refractivity contribution in [2.75, 3.05) is 31.2 Å². The number of nitrogens with zero attached hydrogens (tertiary/aromatic N) is 2. The molecule has 0 radical (unpaired) electrons. The van der Waals surface area contributed by atoms with Gasteiger partial charge in [0.1, 0.15) is 10.6 Å². The van der Waals surface area contributed by atoms with Crippen molar-refractivity contribution in [3.63, 3.8) is 0 Å². The van der Waals surface area contributed by atoms with Crippen molar-refractivity contribution < 1.29 is 13.3 Å². The van der Waals surface area contributed by atoms with E-state index in [4.69, 9.17) is 0 Å². The van der Waals surface area contributed by atoms with Gasteiger partial charge in [-0.25, -0.2) is 8.42 Å². The molecule has 8 heteroatoms. The zero-order chi connectivity index (χ0) is 17.0. The van der Waals surface area contributed by atoms with Gasteiger partial charge in [0.05, 0.1) is 4.92 Å². The molecule has 0 amide bonds. The monoisotopic (exact) mass is 341 g/mol. The van der Waals surface area contributed by atoms with Crippen LogP contribution >= 0.6 is 0 Å². The predicted octanol–water partition coefficient (Wildman–Crippen LogP) is 2.28. The molecular formula is C15H23N3O4S. The van der Waals surface area contributed by atoms with Gasteiger partial charge in [0.2, 0.25) is 0 Å². The van der Waals surface area contributed by atoms with Crippen LogP contribution in [0.15, 0.2) is 23.1 Å². The number of rotatable bonds is 6. The maximum absolute atomic E-state index is 11.7. The highest BCUT2D eigenvalue weighted by molar-refractivity contribution is 7.90. The van der Waals surface area contributed by atoms with Crippen LogP contribution < -0.4 is 5.32 Å². The van der Waals surface area contributed by atoms with Crippen LogP contribution in [0.1, 0.15) is 26.2 Å². The second-order valence-electron chi connectivity index (χ2n) is 5.99. The Kier molecular flexibility index (Phi) is 5.59. The van der Waals surface area contributed by atoms with E-state index >= 15 is 0 Å². The molecule has 7 nitrogen and oxygen atoms in total. The number of anilines is 1. The van der Waals surface area contributed by atoms with Crippen molar-refractivity contribution in [2.24, 2.45) is 0 Å². The van der Waals surface area contributed by atoms with Gasteiger partial charge in [0.25, 0.3) is 0 Å². The zero-order valence-corrected chi connectivity index (χ0v) is 14.3. The molecule has 0 bridgehead atoms. The van der Waals surface area contributed by atoms with Gasteiger partial charge < -0.3 is 5.32 Å². The summed E-state index contributed by atoms with van der Waals surface area (Å²) in [5.41, 5.74) is -0.121. The summed E-state index contributed by atoms with van der Waals surface area (Å²) in [5, 5.41) is 14.3. The van der Waals surface area contributed by atoms with Crippen LogP contribution in [0.25, 0.3) is 0 Å². The van der Waals surface area contributed by atoms with Crippen LogP contribution in [0, 0.1) is 10.1 Å². The van der Waals surface area contributed by atoms with Gasteiger partial charge in [-0.1, -0.05) is 12.5 Å². The lowest BCUT2D eigenvalue weighted by atomic mass is 10.0. The number of sulfone groups is 1. The smallest absolute Gasteiger partial charge is 0.310 e. The Balaban J connectivity index is 2.12. The summed E-state index contributed by atoms with van der Waals surface area (Å²) >= 11 is 0. The fraction of sp³-hybridized carbons (Fsp3) is 0.600. The molecule has 23 heavy (non-hydrogen) atoms. The van der Waals surface area contributed by atoms with E-state index in [2.05, 4.69) is 17.1 Å². The number of nitrogens with one attached hydrogen (secondary N) is 1. The minimum Gasteiger partial charge on any atom is -0.378 e. The Bertz CT molecular complexity index is 675. The van der Waals surface area contributed by atoms with E-state index in [9.17, 15) is 18.5 Å². The fourth-order valence-electron chi connectivity index (χ4n) is 2.98. The van der Waals surface area contributed by atoms with Gasteiger partial charge in [-0.05, 0) is 38.4 Å². The number of hydrogen-bond acceptors (Lipinski definition) is 6. The molecule has 1 aliphatic heterocycles. The number of hydrogen-bond donors (Lipinski definition) is 1. The van der Waals surface area contributed by atoms with Gasteiger partial charge in [0.15, 0.2) is 9.84 Å². The molecule has 1 N–H and O–H groups in total. The number of likely N-dealkylation sites (tertiary alicyclic amines) is 1. The molecule has 1 aliphatic rings. The Morgan fingerprint density at radius 1 is 1.39 bits per heavy atom. The van der Waals surface area contributed by atoms with E-state index in [1.54, 1.807) is 6.07 Å². The molecule has 128 valence electrons. The second kappa shape index (κ2) is 7.27. The first-order valence-corrected chi connectivity index (χ1v) is 9.65. The van der Waals surface area contributed by atoms with Crippen molar-refractivity contribution in [3.8, 4) is 0 Å². The molecule has 1 saturated heterocycles. The highest BCUT2D eigenvalue weighted by Crippen LogP contribution is 2.31. The third-order valence-corrected chi connectivity index (χ3v) is 5.36. The predicted molar refractivity (Wildman–Crippen MR) is 89.6 cm³/mol. The average Bonchev–Trinajstić information content (AvgIpc) is 2.48. The molecule has 1 aromatic rings. The second-order valence-corrected chi connectivity index (χ2v) is 7.97. The summed E-state index contributed by atoms with van der Waals surface area (Å²) in [5.74, 6) is 0. The number of nitro groups is 1. The number of piperidine rings is 1. The lowest BCUT2D eigenvalue weighted by Crippen LogP contribution is -2.40. The molecule has 0 spiro atoms. The molecular weight excluding hydrogens is 318 g/mol. The Labute approximate surface area is 136 Å². The van der Waals surface area contributed by atoms with Crippen molar-refractivity contribution >= 4 is 21.2 Å². The molecule has 0 aromatic heterocycles. The summed E-state index contributed by atoms with van der Waals surface area (Å²) in [6, 6.07) is 4.86. The van der Waals surface area contributed by atoms with Crippen LogP contribution in [0.2, 0.25) is 0 Å². The minimum absolute atomic E-state index is 0.251. The van der Waals surface area contributed by atoms with Crippen LogP contribution in [0.3, 0.4) is 0 Å². The van der Waals surface area contributed by atoms with E-state index in [-0.39, 0.29) is 16.3 Å². The Morgan fingerprint density at radius 2 is 2.13 bits per heavy atom. The Hall–Kier alpha value is -1.67. The summed E-state index contributed by atoms with van der Waals surface area (Å²) in [7, 11) is -3.65.